The SMILES string of the molecule is O=C1C=C2C[C@H]3[C@@H](O)C[C@@]4(CCCCN34)C2O1. The first-order valence-corrected chi connectivity index (χ1v) is 6.57. The van der Waals surface area contributed by atoms with Crippen LogP contribution in [0.1, 0.15) is 32.1 Å². The molecule has 0 aromatic rings. The van der Waals surface area contributed by atoms with Crippen LogP contribution in [0.2, 0.25) is 0 Å². The average molecular weight is 235 g/mol. The Balaban J connectivity index is 1.81. The van der Waals surface area contributed by atoms with Gasteiger partial charge in [-0.25, -0.2) is 4.79 Å². The van der Waals surface area contributed by atoms with Gasteiger partial charge in [-0.1, -0.05) is 6.42 Å². The van der Waals surface area contributed by atoms with Gasteiger partial charge in [0.1, 0.15) is 6.10 Å². The van der Waals surface area contributed by atoms with Crippen LogP contribution in [0.3, 0.4) is 0 Å². The normalized spacial score (nSPS) is 48.4. The number of aliphatic hydroxyl groups excluding tert-OH is 1. The van der Waals surface area contributed by atoms with E-state index in [-0.39, 0.29) is 29.8 Å². The molecule has 4 aliphatic heterocycles. The first-order valence-electron chi connectivity index (χ1n) is 6.57. The van der Waals surface area contributed by atoms with Gasteiger partial charge in [0.15, 0.2) is 0 Å². The maximum Gasteiger partial charge on any atom is 0.331 e. The maximum atomic E-state index is 11.5. The summed E-state index contributed by atoms with van der Waals surface area (Å²) in [6.45, 7) is 1.04. The minimum atomic E-state index is -0.252. The molecule has 1 N–H and O–H groups in total. The van der Waals surface area contributed by atoms with Gasteiger partial charge >= 0.3 is 5.97 Å². The highest BCUT2D eigenvalue weighted by Gasteiger charge is 2.62. The topological polar surface area (TPSA) is 49.8 Å². The number of esters is 1. The van der Waals surface area contributed by atoms with E-state index in [0.29, 0.717) is 0 Å². The fraction of sp³-hybridized carbons (Fsp3) is 0.769. The summed E-state index contributed by atoms with van der Waals surface area (Å²) < 4.78 is 5.52. The predicted molar refractivity (Wildman–Crippen MR) is 60.3 cm³/mol. The molecule has 4 heterocycles. The van der Waals surface area contributed by atoms with Crippen molar-refractivity contribution in [3.8, 4) is 0 Å². The lowest BCUT2D eigenvalue weighted by atomic mass is 9.76. The lowest BCUT2D eigenvalue weighted by Gasteiger charge is -2.51. The second-order valence-corrected chi connectivity index (χ2v) is 5.83. The summed E-state index contributed by atoms with van der Waals surface area (Å²) in [5.41, 5.74) is 1.04. The van der Waals surface area contributed by atoms with Crippen molar-refractivity contribution in [3.63, 3.8) is 0 Å². The van der Waals surface area contributed by atoms with Crippen LogP contribution in [0.25, 0.3) is 0 Å². The number of fused-ring (bicyclic) bond motifs is 1. The molecule has 17 heavy (non-hydrogen) atoms. The highest BCUT2D eigenvalue weighted by atomic mass is 16.5. The van der Waals surface area contributed by atoms with Crippen molar-refractivity contribution in [2.24, 2.45) is 0 Å². The lowest BCUT2D eigenvalue weighted by molar-refractivity contribution is -0.148. The fourth-order valence-corrected chi connectivity index (χ4v) is 4.45. The highest BCUT2D eigenvalue weighted by molar-refractivity contribution is 5.86. The molecule has 4 atom stereocenters. The molecule has 3 fully saturated rings. The third-order valence-electron chi connectivity index (χ3n) is 5.04. The Morgan fingerprint density at radius 1 is 1.47 bits per heavy atom. The van der Waals surface area contributed by atoms with E-state index in [1.165, 1.54) is 12.8 Å². The summed E-state index contributed by atoms with van der Waals surface area (Å²) in [5.74, 6) is -0.188. The van der Waals surface area contributed by atoms with Crippen molar-refractivity contribution >= 4 is 5.97 Å². The minimum absolute atomic E-state index is 0.0799. The summed E-state index contributed by atoms with van der Waals surface area (Å²) in [4.78, 5) is 13.9. The van der Waals surface area contributed by atoms with E-state index in [2.05, 4.69) is 4.90 Å². The van der Waals surface area contributed by atoms with Crippen molar-refractivity contribution in [1.29, 1.82) is 0 Å². The number of carbonyl (C=O) groups excluding carboxylic acids is 1. The molecule has 1 unspecified atom stereocenters. The van der Waals surface area contributed by atoms with Crippen LogP contribution < -0.4 is 0 Å². The monoisotopic (exact) mass is 235 g/mol. The summed E-state index contributed by atoms with van der Waals surface area (Å²) in [6.07, 6.45) is 6.33. The number of rotatable bonds is 0. The van der Waals surface area contributed by atoms with Gasteiger partial charge in [-0.05, 0) is 37.8 Å². The molecule has 0 radical (unpaired) electrons. The van der Waals surface area contributed by atoms with Crippen molar-refractivity contribution < 1.29 is 14.6 Å². The summed E-state index contributed by atoms with van der Waals surface area (Å²) in [5, 5.41) is 10.2. The second-order valence-electron chi connectivity index (χ2n) is 5.83. The van der Waals surface area contributed by atoms with Gasteiger partial charge in [-0.2, -0.15) is 0 Å². The minimum Gasteiger partial charge on any atom is -0.453 e. The van der Waals surface area contributed by atoms with Crippen molar-refractivity contribution in [2.75, 3.05) is 6.54 Å². The molecule has 2 bridgehead atoms. The Labute approximate surface area is 100 Å². The molecule has 0 saturated carbocycles. The molecule has 0 aromatic heterocycles. The van der Waals surface area contributed by atoms with Crippen LogP contribution in [0.15, 0.2) is 11.6 Å². The molecule has 4 rings (SSSR count). The zero-order valence-electron chi connectivity index (χ0n) is 9.76. The van der Waals surface area contributed by atoms with Crippen LogP contribution in [0.5, 0.6) is 0 Å². The van der Waals surface area contributed by atoms with Crippen LogP contribution in [0, 0.1) is 0 Å². The molecule has 4 heteroatoms. The van der Waals surface area contributed by atoms with Gasteiger partial charge in [-0.3, -0.25) is 4.90 Å². The Morgan fingerprint density at radius 2 is 2.35 bits per heavy atom. The largest absolute Gasteiger partial charge is 0.453 e. The molecular formula is C13H17NO3. The zero-order valence-corrected chi connectivity index (χ0v) is 9.76. The second kappa shape index (κ2) is 3.12. The van der Waals surface area contributed by atoms with E-state index in [1.54, 1.807) is 6.08 Å². The average Bonchev–Trinajstić information content (AvgIpc) is 2.78. The van der Waals surface area contributed by atoms with E-state index in [9.17, 15) is 9.90 Å². The van der Waals surface area contributed by atoms with Gasteiger partial charge in [-0.15, -0.1) is 0 Å². The zero-order chi connectivity index (χ0) is 11.6. The molecule has 4 aliphatic rings. The van der Waals surface area contributed by atoms with Gasteiger partial charge in [0.2, 0.25) is 0 Å². The maximum absolute atomic E-state index is 11.5. The first-order chi connectivity index (χ1) is 8.21. The molecule has 0 aromatic carbocycles. The van der Waals surface area contributed by atoms with E-state index >= 15 is 0 Å². The molecular weight excluding hydrogens is 218 g/mol. The number of aliphatic hydroxyl groups is 1. The first kappa shape index (κ1) is 10.1. The van der Waals surface area contributed by atoms with Crippen LogP contribution >= 0.6 is 0 Å². The third-order valence-corrected chi connectivity index (χ3v) is 5.04. The molecule has 4 nitrogen and oxygen atoms in total. The van der Waals surface area contributed by atoms with Crippen molar-refractivity contribution in [3.05, 3.63) is 11.6 Å². The van der Waals surface area contributed by atoms with E-state index in [4.69, 9.17) is 4.74 Å². The summed E-state index contributed by atoms with van der Waals surface area (Å²) in [7, 11) is 0. The summed E-state index contributed by atoms with van der Waals surface area (Å²) in [6, 6.07) is 0.215. The molecule has 0 aliphatic carbocycles. The lowest BCUT2D eigenvalue weighted by Crippen LogP contribution is -2.61. The Kier molecular flexibility index (Phi) is 1.85. The third kappa shape index (κ3) is 1.13. The van der Waals surface area contributed by atoms with Crippen LogP contribution in [-0.4, -0.2) is 46.3 Å². The fourth-order valence-electron chi connectivity index (χ4n) is 4.45. The molecule has 3 saturated heterocycles. The van der Waals surface area contributed by atoms with E-state index in [0.717, 1.165) is 31.4 Å². The highest BCUT2D eigenvalue weighted by Crippen LogP contribution is 2.53. The number of hydrogen-bond acceptors (Lipinski definition) is 4. The van der Waals surface area contributed by atoms with E-state index in [1.807, 2.05) is 0 Å². The number of nitrogens with zero attached hydrogens (tertiary/aromatic N) is 1. The number of carbonyl (C=O) groups is 1. The Morgan fingerprint density at radius 3 is 3.24 bits per heavy atom. The molecule has 0 spiro atoms. The molecule has 92 valence electrons. The molecule has 0 amide bonds. The van der Waals surface area contributed by atoms with Gasteiger partial charge in [0.25, 0.3) is 0 Å². The van der Waals surface area contributed by atoms with Crippen LogP contribution in [0.4, 0.5) is 0 Å². The Bertz CT molecular complexity index is 419. The van der Waals surface area contributed by atoms with Gasteiger partial charge in [0.05, 0.1) is 11.6 Å². The van der Waals surface area contributed by atoms with Crippen LogP contribution in [-0.2, 0) is 9.53 Å². The predicted octanol–water partition coefficient (Wildman–Crippen LogP) is 0.600. The summed E-state index contributed by atoms with van der Waals surface area (Å²) >= 11 is 0. The standard InChI is InChI=1S/C13H17NO3/c15-10-7-13-3-1-2-4-14(13)9(10)5-8-6-11(16)17-12(8)13/h6,9-10,12,15H,1-5,7H2/t9-,10-,12?,13-/m0/s1. The number of hydrogen-bond donors (Lipinski definition) is 1. The van der Waals surface area contributed by atoms with Crippen molar-refractivity contribution in [2.45, 2.75) is 55.9 Å². The van der Waals surface area contributed by atoms with Gasteiger partial charge in [0, 0.05) is 12.1 Å². The number of piperidine rings is 2. The Hall–Kier alpha value is -0.870. The van der Waals surface area contributed by atoms with Crippen molar-refractivity contribution in [1.82, 2.24) is 4.90 Å². The van der Waals surface area contributed by atoms with E-state index < -0.39 is 0 Å². The quantitative estimate of drug-likeness (QED) is 0.625. The number of ether oxygens (including phenoxy) is 1. The van der Waals surface area contributed by atoms with Gasteiger partial charge < -0.3 is 9.84 Å². The smallest absolute Gasteiger partial charge is 0.331 e.